The van der Waals surface area contributed by atoms with E-state index in [1.165, 1.54) is 35.2 Å². The van der Waals surface area contributed by atoms with E-state index < -0.39 is 23.5 Å². The second kappa shape index (κ2) is 7.99. The zero-order chi connectivity index (χ0) is 23.3. The summed E-state index contributed by atoms with van der Waals surface area (Å²) in [6, 6.07) is 18.2. The molecule has 33 heavy (non-hydrogen) atoms. The van der Waals surface area contributed by atoms with Gasteiger partial charge in [0, 0.05) is 21.1 Å². The smallest absolute Gasteiger partial charge is 0.294 e. The molecule has 1 aromatic heterocycles. The molecule has 1 atom stereocenters. The second-order valence-corrected chi connectivity index (χ2v) is 8.41. The minimum atomic E-state index is -1.06. The molecule has 8 heteroatoms. The van der Waals surface area contributed by atoms with Crippen LogP contribution in [0.2, 0.25) is 10.0 Å². The van der Waals surface area contributed by atoms with Gasteiger partial charge in [-0.25, -0.2) is 0 Å². The van der Waals surface area contributed by atoms with Crippen molar-refractivity contribution in [2.24, 2.45) is 0 Å². The Morgan fingerprint density at radius 2 is 1.64 bits per heavy atom. The number of furan rings is 1. The number of phenolic OH excluding ortho intramolecular Hbond substituents is 1. The van der Waals surface area contributed by atoms with Gasteiger partial charge in [-0.05, 0) is 48.0 Å². The van der Waals surface area contributed by atoms with Crippen molar-refractivity contribution in [2.45, 2.75) is 6.04 Å². The Bertz CT molecular complexity index is 1420. The zero-order valence-electron chi connectivity index (χ0n) is 16.8. The molecular weight excluding hydrogens is 465 g/mol. The number of fused-ring (bicyclic) bond motifs is 1. The van der Waals surface area contributed by atoms with Gasteiger partial charge in [-0.1, -0.05) is 53.5 Å². The molecule has 1 aliphatic heterocycles. The molecule has 0 aliphatic carbocycles. The number of hydrogen-bond donors (Lipinski definition) is 2. The number of Topliss-reactive ketones (excluding diaryl/α,β-unsaturated/α-hetero) is 1. The standard InChI is InChI=1S/C25H15Cl2NO5/c26-15-10-16(27)12-17(11-15)28-22(14-5-3-6-18(29)8-14)21(24(31)25(28)32)23(30)20-9-13-4-1-2-7-19(13)33-20/h1-12,22,29,31H. The summed E-state index contributed by atoms with van der Waals surface area (Å²) in [5.41, 5.74) is 1.01. The highest BCUT2D eigenvalue weighted by atomic mass is 35.5. The van der Waals surface area contributed by atoms with Crippen LogP contribution in [0.25, 0.3) is 11.0 Å². The number of nitrogens with zero attached hydrogens (tertiary/aromatic N) is 1. The van der Waals surface area contributed by atoms with Gasteiger partial charge in [0.25, 0.3) is 5.91 Å². The summed E-state index contributed by atoms with van der Waals surface area (Å²) < 4.78 is 5.70. The van der Waals surface area contributed by atoms with Crippen LogP contribution in [0.3, 0.4) is 0 Å². The van der Waals surface area contributed by atoms with E-state index in [1.807, 2.05) is 6.07 Å². The predicted octanol–water partition coefficient (Wildman–Crippen LogP) is 6.23. The lowest BCUT2D eigenvalue weighted by atomic mass is 9.94. The van der Waals surface area contributed by atoms with Crippen LogP contribution in [0.4, 0.5) is 5.69 Å². The normalized spacial score (nSPS) is 16.1. The van der Waals surface area contributed by atoms with Crippen LogP contribution in [-0.2, 0) is 4.79 Å². The molecule has 2 N–H and O–H groups in total. The number of amides is 1. The third kappa shape index (κ3) is 3.63. The zero-order valence-corrected chi connectivity index (χ0v) is 18.3. The van der Waals surface area contributed by atoms with Gasteiger partial charge in [0.15, 0.2) is 11.5 Å². The lowest BCUT2D eigenvalue weighted by Crippen LogP contribution is -2.31. The summed E-state index contributed by atoms with van der Waals surface area (Å²) in [6.07, 6.45) is 0. The average Bonchev–Trinajstić information content (AvgIpc) is 3.32. The molecule has 164 valence electrons. The van der Waals surface area contributed by atoms with Crippen molar-refractivity contribution in [3.8, 4) is 5.75 Å². The Kier molecular flexibility index (Phi) is 5.12. The van der Waals surface area contributed by atoms with E-state index in [0.717, 1.165) is 0 Å². The number of aromatic hydroxyl groups is 1. The van der Waals surface area contributed by atoms with Crippen molar-refractivity contribution in [2.75, 3.05) is 4.90 Å². The summed E-state index contributed by atoms with van der Waals surface area (Å²) >= 11 is 12.3. The topological polar surface area (TPSA) is 91.0 Å². The Hall–Kier alpha value is -3.74. The largest absolute Gasteiger partial charge is 0.508 e. The number of benzene rings is 3. The van der Waals surface area contributed by atoms with Gasteiger partial charge in [0.1, 0.15) is 11.3 Å². The Balaban J connectivity index is 1.69. The predicted molar refractivity (Wildman–Crippen MR) is 125 cm³/mol. The molecule has 0 fully saturated rings. The van der Waals surface area contributed by atoms with Gasteiger partial charge in [0.2, 0.25) is 5.78 Å². The van der Waals surface area contributed by atoms with E-state index in [-0.39, 0.29) is 32.8 Å². The average molecular weight is 480 g/mol. The number of rotatable bonds is 4. The summed E-state index contributed by atoms with van der Waals surface area (Å²) in [7, 11) is 0. The van der Waals surface area contributed by atoms with E-state index in [2.05, 4.69) is 0 Å². The molecular formula is C25H15Cl2NO5. The Morgan fingerprint density at radius 1 is 0.909 bits per heavy atom. The SMILES string of the molecule is O=C(C1=C(O)C(=O)N(c2cc(Cl)cc(Cl)c2)C1c1cccc(O)c1)c1cc2ccccc2o1. The third-order valence-corrected chi connectivity index (χ3v) is 5.85. The van der Waals surface area contributed by atoms with E-state index in [9.17, 15) is 19.8 Å². The third-order valence-electron chi connectivity index (χ3n) is 5.41. The Morgan fingerprint density at radius 3 is 2.33 bits per heavy atom. The molecule has 0 bridgehead atoms. The Labute approximate surface area is 197 Å². The summed E-state index contributed by atoms with van der Waals surface area (Å²) in [5, 5.41) is 22.1. The first kappa shape index (κ1) is 21.1. The van der Waals surface area contributed by atoms with Crippen LogP contribution < -0.4 is 4.90 Å². The van der Waals surface area contributed by atoms with E-state index in [4.69, 9.17) is 27.6 Å². The maximum absolute atomic E-state index is 13.5. The van der Waals surface area contributed by atoms with Gasteiger partial charge in [-0.2, -0.15) is 0 Å². The van der Waals surface area contributed by atoms with Gasteiger partial charge in [-0.3, -0.25) is 14.5 Å². The molecule has 5 rings (SSSR count). The van der Waals surface area contributed by atoms with Crippen molar-refractivity contribution >= 4 is 51.5 Å². The van der Waals surface area contributed by atoms with Crippen LogP contribution in [0.5, 0.6) is 5.75 Å². The summed E-state index contributed by atoms with van der Waals surface area (Å²) in [5.74, 6) is -2.26. The lowest BCUT2D eigenvalue weighted by molar-refractivity contribution is -0.117. The van der Waals surface area contributed by atoms with E-state index >= 15 is 0 Å². The lowest BCUT2D eigenvalue weighted by Gasteiger charge is -2.27. The molecule has 0 spiro atoms. The number of carbonyl (C=O) groups excluding carboxylic acids is 2. The molecule has 1 aliphatic rings. The maximum atomic E-state index is 13.5. The van der Waals surface area contributed by atoms with Crippen LogP contribution in [0.15, 0.2) is 88.5 Å². The van der Waals surface area contributed by atoms with Crippen molar-refractivity contribution in [3.63, 3.8) is 0 Å². The fourth-order valence-electron chi connectivity index (χ4n) is 4.02. The number of aliphatic hydroxyl groups excluding tert-OH is 1. The monoisotopic (exact) mass is 479 g/mol. The molecule has 4 aromatic rings. The molecule has 1 unspecified atom stereocenters. The maximum Gasteiger partial charge on any atom is 0.294 e. The summed E-state index contributed by atoms with van der Waals surface area (Å²) in [4.78, 5) is 28.0. The highest BCUT2D eigenvalue weighted by molar-refractivity contribution is 6.35. The molecule has 3 aromatic carbocycles. The van der Waals surface area contributed by atoms with Crippen molar-refractivity contribution < 1.29 is 24.2 Å². The fourth-order valence-corrected chi connectivity index (χ4v) is 4.53. The van der Waals surface area contributed by atoms with Crippen molar-refractivity contribution in [1.29, 1.82) is 0 Å². The molecule has 0 radical (unpaired) electrons. The molecule has 1 amide bonds. The number of halogens is 2. The first-order chi connectivity index (χ1) is 15.8. The number of aliphatic hydroxyl groups is 1. The molecule has 6 nitrogen and oxygen atoms in total. The van der Waals surface area contributed by atoms with Crippen LogP contribution >= 0.6 is 23.2 Å². The molecule has 0 saturated carbocycles. The second-order valence-electron chi connectivity index (χ2n) is 7.54. The molecule has 0 saturated heterocycles. The van der Waals surface area contributed by atoms with E-state index in [0.29, 0.717) is 16.5 Å². The van der Waals surface area contributed by atoms with Gasteiger partial charge in [0.05, 0.1) is 11.6 Å². The quantitative estimate of drug-likeness (QED) is 0.338. The fraction of sp³-hybridized carbons (Fsp3) is 0.0400. The highest BCUT2D eigenvalue weighted by Crippen LogP contribution is 2.44. The number of anilines is 1. The number of phenols is 1. The highest BCUT2D eigenvalue weighted by Gasteiger charge is 2.45. The van der Waals surface area contributed by atoms with E-state index in [1.54, 1.807) is 36.4 Å². The number of para-hydroxylation sites is 1. The van der Waals surface area contributed by atoms with Crippen molar-refractivity contribution in [1.82, 2.24) is 0 Å². The van der Waals surface area contributed by atoms with Gasteiger partial charge in [-0.15, -0.1) is 0 Å². The minimum absolute atomic E-state index is 0.0262. The summed E-state index contributed by atoms with van der Waals surface area (Å²) in [6.45, 7) is 0. The van der Waals surface area contributed by atoms with Crippen molar-refractivity contribution in [3.05, 3.63) is 105 Å². The first-order valence-electron chi connectivity index (χ1n) is 9.88. The van der Waals surface area contributed by atoms with Crippen LogP contribution in [0.1, 0.15) is 22.2 Å². The van der Waals surface area contributed by atoms with Gasteiger partial charge >= 0.3 is 0 Å². The minimum Gasteiger partial charge on any atom is -0.508 e. The van der Waals surface area contributed by atoms with Gasteiger partial charge < -0.3 is 14.6 Å². The van der Waals surface area contributed by atoms with Crippen LogP contribution in [0, 0.1) is 0 Å². The number of carbonyl (C=O) groups is 2. The first-order valence-corrected chi connectivity index (χ1v) is 10.6. The number of ketones is 1. The molecule has 2 heterocycles. The number of hydrogen-bond acceptors (Lipinski definition) is 5. The van der Waals surface area contributed by atoms with Crippen LogP contribution in [-0.4, -0.2) is 21.9 Å².